The monoisotopic (exact) mass is 248 g/mol. The fraction of sp³-hybridized carbons (Fsp3) is 0.533. The van der Waals surface area contributed by atoms with Crippen LogP contribution in [0.2, 0.25) is 0 Å². The number of nitrogens with one attached hydrogen (secondary N) is 1. The molecule has 1 amide bonds. The van der Waals surface area contributed by atoms with E-state index in [2.05, 4.69) is 31.3 Å². The summed E-state index contributed by atoms with van der Waals surface area (Å²) < 4.78 is 0. The predicted octanol–water partition coefficient (Wildman–Crippen LogP) is 2.77. The smallest absolute Gasteiger partial charge is 0.246 e. The van der Waals surface area contributed by atoms with E-state index in [1.807, 2.05) is 33.0 Å². The van der Waals surface area contributed by atoms with Crippen LogP contribution in [0.25, 0.3) is 0 Å². The van der Waals surface area contributed by atoms with Crippen molar-refractivity contribution in [2.75, 3.05) is 19.0 Å². The Kier molecular flexibility index (Phi) is 4.52. The minimum Gasteiger partial charge on any atom is -0.314 e. The summed E-state index contributed by atoms with van der Waals surface area (Å²) in [6, 6.07) is 8.16. The van der Waals surface area contributed by atoms with Crippen molar-refractivity contribution in [3.05, 3.63) is 29.8 Å². The molecular weight excluding hydrogens is 224 g/mol. The molecule has 0 fully saturated rings. The van der Waals surface area contributed by atoms with E-state index >= 15 is 0 Å². The van der Waals surface area contributed by atoms with Gasteiger partial charge in [0.05, 0.1) is 5.54 Å². The number of rotatable bonds is 4. The van der Waals surface area contributed by atoms with Crippen molar-refractivity contribution < 1.29 is 4.79 Å². The molecule has 3 nitrogen and oxygen atoms in total. The van der Waals surface area contributed by atoms with Gasteiger partial charge < -0.3 is 10.2 Å². The molecule has 1 N–H and O–H groups in total. The van der Waals surface area contributed by atoms with Gasteiger partial charge in [-0.3, -0.25) is 4.79 Å². The first-order valence-electron chi connectivity index (χ1n) is 6.36. The maximum Gasteiger partial charge on any atom is 0.246 e. The Morgan fingerprint density at radius 3 is 2.11 bits per heavy atom. The molecule has 0 bridgehead atoms. The van der Waals surface area contributed by atoms with Gasteiger partial charge in [-0.05, 0) is 44.5 Å². The van der Waals surface area contributed by atoms with Crippen molar-refractivity contribution in [3.63, 3.8) is 0 Å². The summed E-state index contributed by atoms with van der Waals surface area (Å²) in [4.78, 5) is 14.0. The van der Waals surface area contributed by atoms with Crippen molar-refractivity contribution >= 4 is 11.6 Å². The minimum atomic E-state index is -0.550. The zero-order valence-electron chi connectivity index (χ0n) is 12.2. The molecule has 1 aromatic carbocycles. The zero-order valence-corrected chi connectivity index (χ0v) is 12.2. The molecule has 0 aliphatic heterocycles. The summed E-state index contributed by atoms with van der Waals surface area (Å²) in [5.41, 5.74) is 1.66. The first-order valence-corrected chi connectivity index (χ1v) is 6.36. The molecule has 3 heteroatoms. The number of likely N-dealkylation sites (N-methyl/N-ethyl adjacent to an activating group) is 2. The number of anilines is 1. The molecule has 0 aromatic heterocycles. The molecule has 100 valence electrons. The van der Waals surface area contributed by atoms with Crippen molar-refractivity contribution in [1.29, 1.82) is 0 Å². The van der Waals surface area contributed by atoms with Crippen molar-refractivity contribution in [3.8, 4) is 0 Å². The Balaban J connectivity index is 2.91. The second-order valence-electron chi connectivity index (χ2n) is 5.49. The topological polar surface area (TPSA) is 32.3 Å². The highest BCUT2D eigenvalue weighted by molar-refractivity contribution is 5.99. The van der Waals surface area contributed by atoms with Crippen molar-refractivity contribution in [2.45, 2.75) is 39.2 Å². The summed E-state index contributed by atoms with van der Waals surface area (Å²) in [6.45, 7) is 8.09. The van der Waals surface area contributed by atoms with Gasteiger partial charge >= 0.3 is 0 Å². The van der Waals surface area contributed by atoms with E-state index in [1.54, 1.807) is 11.9 Å². The van der Waals surface area contributed by atoms with Crippen LogP contribution in [0.5, 0.6) is 0 Å². The third kappa shape index (κ3) is 3.10. The van der Waals surface area contributed by atoms with Gasteiger partial charge in [-0.2, -0.15) is 0 Å². The number of amides is 1. The summed E-state index contributed by atoms with van der Waals surface area (Å²) in [7, 11) is 3.61. The highest BCUT2D eigenvalue weighted by Gasteiger charge is 2.29. The van der Waals surface area contributed by atoms with Gasteiger partial charge in [0, 0.05) is 12.7 Å². The Morgan fingerprint density at radius 2 is 1.72 bits per heavy atom. The second-order valence-corrected chi connectivity index (χ2v) is 5.49. The first-order chi connectivity index (χ1) is 8.29. The van der Waals surface area contributed by atoms with Crippen LogP contribution in [-0.4, -0.2) is 25.5 Å². The van der Waals surface area contributed by atoms with E-state index in [1.165, 1.54) is 5.56 Å². The van der Waals surface area contributed by atoms with Crippen LogP contribution in [0.4, 0.5) is 5.69 Å². The van der Waals surface area contributed by atoms with Gasteiger partial charge in [0.2, 0.25) is 5.91 Å². The van der Waals surface area contributed by atoms with Crippen LogP contribution in [0.1, 0.15) is 39.2 Å². The lowest BCUT2D eigenvalue weighted by Gasteiger charge is -2.29. The average Bonchev–Trinajstić information content (AvgIpc) is 2.37. The molecule has 1 rings (SSSR count). The lowest BCUT2D eigenvalue weighted by molar-refractivity contribution is -0.123. The van der Waals surface area contributed by atoms with Crippen molar-refractivity contribution in [2.24, 2.45) is 0 Å². The molecule has 0 radical (unpaired) electrons. The first kappa shape index (κ1) is 14.7. The highest BCUT2D eigenvalue weighted by Crippen LogP contribution is 2.21. The van der Waals surface area contributed by atoms with E-state index in [9.17, 15) is 4.79 Å². The summed E-state index contributed by atoms with van der Waals surface area (Å²) in [5.74, 6) is 0.566. The Bertz CT molecular complexity index is 407. The maximum absolute atomic E-state index is 12.3. The third-order valence-corrected chi connectivity index (χ3v) is 3.41. The van der Waals surface area contributed by atoms with Gasteiger partial charge in [-0.25, -0.2) is 0 Å². The number of nitrogens with zero attached hydrogens (tertiary/aromatic N) is 1. The van der Waals surface area contributed by atoms with Crippen LogP contribution >= 0.6 is 0 Å². The molecule has 0 aliphatic rings. The zero-order chi connectivity index (χ0) is 13.9. The number of hydrogen-bond acceptors (Lipinski definition) is 2. The molecule has 0 spiro atoms. The average molecular weight is 248 g/mol. The van der Waals surface area contributed by atoms with E-state index < -0.39 is 5.54 Å². The van der Waals surface area contributed by atoms with Gasteiger partial charge in [0.25, 0.3) is 0 Å². The van der Waals surface area contributed by atoms with Gasteiger partial charge in [0.15, 0.2) is 0 Å². The number of carbonyl (C=O) groups is 1. The molecule has 0 atom stereocenters. The van der Waals surface area contributed by atoms with E-state index in [0.29, 0.717) is 5.92 Å². The Hall–Kier alpha value is -1.35. The fourth-order valence-electron chi connectivity index (χ4n) is 1.73. The molecule has 0 saturated carbocycles. The van der Waals surface area contributed by atoms with Crippen molar-refractivity contribution in [1.82, 2.24) is 5.32 Å². The van der Waals surface area contributed by atoms with Crippen LogP contribution in [0, 0.1) is 0 Å². The lowest BCUT2D eigenvalue weighted by Crippen LogP contribution is -2.51. The second kappa shape index (κ2) is 5.53. The highest BCUT2D eigenvalue weighted by atomic mass is 16.2. The minimum absolute atomic E-state index is 0.0577. The largest absolute Gasteiger partial charge is 0.314 e. The van der Waals surface area contributed by atoms with E-state index in [-0.39, 0.29) is 5.91 Å². The Morgan fingerprint density at radius 1 is 1.22 bits per heavy atom. The van der Waals surface area contributed by atoms with Crippen LogP contribution in [0.15, 0.2) is 24.3 Å². The summed E-state index contributed by atoms with van der Waals surface area (Å²) in [5, 5.41) is 3.03. The van der Waals surface area contributed by atoms with E-state index in [0.717, 1.165) is 5.69 Å². The summed E-state index contributed by atoms with van der Waals surface area (Å²) >= 11 is 0. The number of carbonyl (C=O) groups excluding carboxylic acids is 1. The van der Waals surface area contributed by atoms with E-state index in [4.69, 9.17) is 0 Å². The lowest BCUT2D eigenvalue weighted by atomic mass is 10.0. The standard InChI is InChI=1S/C15H24N2O/c1-11(2)12-7-9-13(10-8-12)17(6)14(18)15(3,4)16-5/h7-11,16H,1-6H3. The molecule has 1 aromatic rings. The molecule has 18 heavy (non-hydrogen) atoms. The van der Waals surface area contributed by atoms with Crippen LogP contribution in [-0.2, 0) is 4.79 Å². The molecular formula is C15H24N2O. The molecule has 0 aliphatic carbocycles. The normalized spacial score (nSPS) is 11.7. The SMILES string of the molecule is CNC(C)(C)C(=O)N(C)c1ccc(C(C)C)cc1. The van der Waals surface area contributed by atoms with Gasteiger partial charge in [-0.1, -0.05) is 26.0 Å². The maximum atomic E-state index is 12.3. The fourth-order valence-corrected chi connectivity index (χ4v) is 1.73. The quantitative estimate of drug-likeness (QED) is 0.888. The number of hydrogen-bond donors (Lipinski definition) is 1. The van der Waals surface area contributed by atoms with Crippen LogP contribution < -0.4 is 10.2 Å². The molecule has 0 unspecified atom stereocenters. The Labute approximate surface area is 110 Å². The molecule has 0 saturated heterocycles. The predicted molar refractivity (Wildman–Crippen MR) is 77.1 cm³/mol. The molecule has 0 heterocycles. The van der Waals surface area contributed by atoms with Gasteiger partial charge in [-0.15, -0.1) is 0 Å². The number of benzene rings is 1. The van der Waals surface area contributed by atoms with Crippen LogP contribution in [0.3, 0.4) is 0 Å². The summed E-state index contributed by atoms with van der Waals surface area (Å²) in [6.07, 6.45) is 0. The van der Waals surface area contributed by atoms with Gasteiger partial charge in [0.1, 0.15) is 0 Å². The third-order valence-electron chi connectivity index (χ3n) is 3.41.